The second-order valence-electron chi connectivity index (χ2n) is 6.82. The summed E-state index contributed by atoms with van der Waals surface area (Å²) in [7, 11) is 0. The quantitative estimate of drug-likeness (QED) is 0.592. The molecular formula is C19H21N5O3. The van der Waals surface area contributed by atoms with Crippen molar-refractivity contribution in [2.24, 2.45) is 0 Å². The van der Waals surface area contributed by atoms with Crippen molar-refractivity contribution in [3.8, 4) is 0 Å². The van der Waals surface area contributed by atoms with E-state index in [-0.39, 0.29) is 47.1 Å². The molecule has 27 heavy (non-hydrogen) atoms. The molecule has 1 aliphatic rings. The number of nitrogens with one attached hydrogen (secondary N) is 2. The van der Waals surface area contributed by atoms with E-state index in [9.17, 15) is 14.7 Å². The summed E-state index contributed by atoms with van der Waals surface area (Å²) in [6.45, 7) is -0.148. The molecule has 0 aliphatic heterocycles. The fraction of sp³-hybridized carbons (Fsp3) is 0.368. The summed E-state index contributed by atoms with van der Waals surface area (Å²) < 4.78 is 2.83. The van der Waals surface area contributed by atoms with E-state index >= 15 is 0 Å². The molecule has 3 heterocycles. The van der Waals surface area contributed by atoms with Crippen molar-refractivity contribution >= 4 is 22.6 Å². The highest BCUT2D eigenvalue weighted by Gasteiger charge is 2.21. The number of hydrogen-bond acceptors (Lipinski definition) is 5. The van der Waals surface area contributed by atoms with E-state index in [1.54, 1.807) is 24.4 Å². The molecule has 0 radical (unpaired) electrons. The lowest BCUT2D eigenvalue weighted by Crippen LogP contribution is -2.39. The first-order valence-electron chi connectivity index (χ1n) is 9.11. The van der Waals surface area contributed by atoms with Gasteiger partial charge in [-0.05, 0) is 31.0 Å². The van der Waals surface area contributed by atoms with Gasteiger partial charge in [0.1, 0.15) is 16.8 Å². The van der Waals surface area contributed by atoms with Gasteiger partial charge in [-0.25, -0.2) is 4.98 Å². The second-order valence-corrected chi connectivity index (χ2v) is 6.82. The number of pyridine rings is 2. The van der Waals surface area contributed by atoms with Crippen molar-refractivity contribution < 1.29 is 9.90 Å². The number of aliphatic hydroxyl groups is 1. The number of carbonyl (C=O) groups excluding carboxylic acids is 1. The maximum Gasteiger partial charge on any atom is 0.267 e. The van der Waals surface area contributed by atoms with Gasteiger partial charge in [0.2, 0.25) is 0 Å². The van der Waals surface area contributed by atoms with Crippen molar-refractivity contribution in [3.63, 3.8) is 0 Å². The molecule has 1 aliphatic carbocycles. The highest BCUT2D eigenvalue weighted by atomic mass is 16.3. The van der Waals surface area contributed by atoms with Crippen LogP contribution in [0.3, 0.4) is 0 Å². The molecule has 3 aromatic heterocycles. The lowest BCUT2D eigenvalue weighted by atomic mass is 10.1. The zero-order chi connectivity index (χ0) is 19.0. The van der Waals surface area contributed by atoms with E-state index in [0.29, 0.717) is 11.3 Å². The van der Waals surface area contributed by atoms with Crippen LogP contribution >= 0.6 is 0 Å². The summed E-state index contributed by atoms with van der Waals surface area (Å²) in [5.74, 6) is -0.363. The third-order valence-electron chi connectivity index (χ3n) is 5.08. The number of carbonyl (C=O) groups is 1. The van der Waals surface area contributed by atoms with E-state index in [1.165, 1.54) is 15.0 Å². The Morgan fingerprint density at radius 2 is 2.11 bits per heavy atom. The minimum atomic E-state index is -0.363. The van der Waals surface area contributed by atoms with Crippen LogP contribution in [0.25, 0.3) is 16.7 Å². The molecule has 3 N–H and O–H groups in total. The van der Waals surface area contributed by atoms with E-state index < -0.39 is 0 Å². The topological polar surface area (TPSA) is 112 Å². The third kappa shape index (κ3) is 3.02. The van der Waals surface area contributed by atoms with Crippen LogP contribution in [-0.4, -0.2) is 37.6 Å². The molecule has 0 saturated heterocycles. The van der Waals surface area contributed by atoms with Crippen LogP contribution in [0, 0.1) is 5.41 Å². The Morgan fingerprint density at radius 1 is 1.33 bits per heavy atom. The summed E-state index contributed by atoms with van der Waals surface area (Å²) in [6, 6.07) is 6.76. The Hall–Kier alpha value is -3.00. The van der Waals surface area contributed by atoms with Crippen LogP contribution in [0.2, 0.25) is 0 Å². The lowest BCUT2D eigenvalue weighted by Gasteiger charge is -2.16. The molecule has 1 amide bonds. The summed E-state index contributed by atoms with van der Waals surface area (Å²) >= 11 is 0. The molecule has 1 fully saturated rings. The first-order chi connectivity index (χ1) is 13.1. The van der Waals surface area contributed by atoms with Gasteiger partial charge in [-0.1, -0.05) is 18.9 Å². The highest BCUT2D eigenvalue weighted by molar-refractivity contribution is 5.97. The fourth-order valence-corrected chi connectivity index (χ4v) is 3.71. The predicted octanol–water partition coefficient (Wildman–Crippen LogP) is 0.793. The van der Waals surface area contributed by atoms with E-state index in [2.05, 4.69) is 10.3 Å². The standard InChI is InChI=1S/C19H21N5O3/c20-16-13(18(26)21-12-5-1-2-6-12)11-14-17(24(16)9-10-25)22-15-7-3-4-8-23(15)19(14)27/h3-4,7-8,11-12,20,25H,1-2,5-6,9-10H2,(H,21,26). The number of aliphatic hydroxyl groups excluding tert-OH is 1. The molecule has 3 aromatic rings. The Morgan fingerprint density at radius 3 is 2.85 bits per heavy atom. The van der Waals surface area contributed by atoms with Gasteiger partial charge in [-0.2, -0.15) is 0 Å². The van der Waals surface area contributed by atoms with Gasteiger partial charge in [0.05, 0.1) is 17.6 Å². The minimum Gasteiger partial charge on any atom is -0.395 e. The van der Waals surface area contributed by atoms with Crippen molar-refractivity contribution in [3.05, 3.63) is 51.9 Å². The van der Waals surface area contributed by atoms with E-state index in [0.717, 1.165) is 25.7 Å². The summed E-state index contributed by atoms with van der Waals surface area (Å²) in [6.07, 6.45) is 5.64. The van der Waals surface area contributed by atoms with Gasteiger partial charge in [0, 0.05) is 18.8 Å². The molecule has 0 atom stereocenters. The molecule has 8 nitrogen and oxygen atoms in total. The molecule has 140 valence electrons. The Labute approximate surface area is 154 Å². The summed E-state index contributed by atoms with van der Waals surface area (Å²) in [5.41, 5.74) is 0.501. The van der Waals surface area contributed by atoms with Crippen LogP contribution in [0.4, 0.5) is 0 Å². The largest absolute Gasteiger partial charge is 0.395 e. The van der Waals surface area contributed by atoms with Crippen molar-refractivity contribution in [2.75, 3.05) is 6.61 Å². The number of rotatable bonds is 4. The van der Waals surface area contributed by atoms with Crippen molar-refractivity contribution in [2.45, 2.75) is 38.3 Å². The molecular weight excluding hydrogens is 346 g/mol. The highest BCUT2D eigenvalue weighted by Crippen LogP contribution is 2.18. The molecule has 1 saturated carbocycles. The summed E-state index contributed by atoms with van der Waals surface area (Å²) in [5, 5.41) is 21.1. The molecule has 8 heteroatoms. The average molecular weight is 367 g/mol. The van der Waals surface area contributed by atoms with Crippen molar-refractivity contribution in [1.29, 1.82) is 5.41 Å². The molecule has 0 aromatic carbocycles. The van der Waals surface area contributed by atoms with Crippen molar-refractivity contribution in [1.82, 2.24) is 19.3 Å². The van der Waals surface area contributed by atoms with E-state index in [1.807, 2.05) is 0 Å². The summed E-state index contributed by atoms with van der Waals surface area (Å²) in [4.78, 5) is 30.2. The van der Waals surface area contributed by atoms with Crippen LogP contribution in [0.1, 0.15) is 36.0 Å². The van der Waals surface area contributed by atoms with Gasteiger partial charge in [0.15, 0.2) is 0 Å². The Balaban J connectivity index is 1.94. The van der Waals surface area contributed by atoms with E-state index in [4.69, 9.17) is 5.41 Å². The van der Waals surface area contributed by atoms with Crippen LogP contribution < -0.4 is 16.4 Å². The molecule has 0 spiro atoms. The Kier molecular flexibility index (Phi) is 4.49. The molecule has 4 rings (SSSR count). The number of aromatic nitrogens is 3. The van der Waals surface area contributed by atoms with Crippen LogP contribution in [-0.2, 0) is 6.54 Å². The van der Waals surface area contributed by atoms with Gasteiger partial charge >= 0.3 is 0 Å². The van der Waals surface area contributed by atoms with Crippen LogP contribution in [0.5, 0.6) is 0 Å². The van der Waals surface area contributed by atoms with Crippen LogP contribution in [0.15, 0.2) is 35.3 Å². The SMILES string of the molecule is N=c1c(C(=O)NC2CCCC2)cc2c(=O)n3ccccc3nc2n1CCO. The molecule has 0 bridgehead atoms. The lowest BCUT2D eigenvalue weighted by molar-refractivity contribution is 0.0935. The maximum atomic E-state index is 12.9. The monoisotopic (exact) mass is 367 g/mol. The average Bonchev–Trinajstić information content (AvgIpc) is 3.17. The van der Waals surface area contributed by atoms with Gasteiger partial charge in [0.25, 0.3) is 11.5 Å². The number of hydrogen-bond donors (Lipinski definition) is 3. The van der Waals surface area contributed by atoms with Gasteiger partial charge in [-0.15, -0.1) is 0 Å². The number of amides is 1. The number of nitrogens with zero attached hydrogens (tertiary/aromatic N) is 3. The van der Waals surface area contributed by atoms with Gasteiger partial charge < -0.3 is 15.0 Å². The Bertz CT molecular complexity index is 1140. The second kappa shape index (κ2) is 6.96. The molecule has 0 unspecified atom stereocenters. The zero-order valence-corrected chi connectivity index (χ0v) is 14.8. The zero-order valence-electron chi connectivity index (χ0n) is 14.8. The normalized spacial score (nSPS) is 14.9. The predicted molar refractivity (Wildman–Crippen MR) is 99.6 cm³/mol. The third-order valence-corrected chi connectivity index (χ3v) is 5.08. The first-order valence-corrected chi connectivity index (χ1v) is 9.11. The number of fused-ring (bicyclic) bond motifs is 2. The minimum absolute atomic E-state index is 0.0563. The smallest absolute Gasteiger partial charge is 0.267 e. The maximum absolute atomic E-state index is 12.9. The van der Waals surface area contributed by atoms with Gasteiger partial charge in [-0.3, -0.25) is 19.4 Å². The first kappa shape index (κ1) is 17.4. The fourth-order valence-electron chi connectivity index (χ4n) is 3.71.